The standard InChI is InChI=1S/C33H34O13.C20H12O6.30CH4/c1-5-14-9-16-19-18(10-14)43-31(40)22-21(19)28(45-30(16)39)20-15(26(22)37)7-6-8-17(20)44-33-29(27(38)25(36)13(4)42-33)46-32-24(35)11(2)23(34)12(3)41-32;1-2-8-6-10-14-12(7-8)25-20(24)16-15(14)18(26-19(10)23)13-9(17(16)22)4-3-5-11(13)21;;;;;;;;;;;;;;;;;;;;;;;;;;;;;;/h6-13,23-25,27,29,32-38H,5H2,1-4H3;3-7,22-23H,2H2,1H3;30*1H4/t11?,12?,13?,23-,24-,25+,27+,29?,32-,33+;;;;;;;;;;;;;;;;;;;;;;;;;;;;;;;/m1.............................../s1. The van der Waals surface area contributed by atoms with Crippen molar-refractivity contribution in [1.82, 2.24) is 0 Å². The zero-order valence-corrected chi connectivity index (χ0v) is 39.0. The predicted molar refractivity (Wildman–Crippen MR) is 462 cm³/mol. The van der Waals surface area contributed by atoms with E-state index in [2.05, 4.69) is 0 Å². The number of hydrogen-bond donors (Lipinski definition) is 7. The van der Waals surface area contributed by atoms with Crippen LogP contribution in [0.25, 0.3) is 87.0 Å². The highest BCUT2D eigenvalue weighted by molar-refractivity contribution is 6.29. The maximum Gasteiger partial charge on any atom is 0.348 e. The number of aliphatic hydroxyl groups excluding tert-OH is 4. The molecule has 2 aliphatic rings. The minimum absolute atomic E-state index is 0. The van der Waals surface area contributed by atoms with E-state index < -0.39 is 83.9 Å². The number of fused-ring (bicyclic) bond motifs is 4. The van der Waals surface area contributed by atoms with Crippen LogP contribution in [0.5, 0.6) is 23.2 Å². The summed E-state index contributed by atoms with van der Waals surface area (Å²) in [5.74, 6) is -1.73. The molecular formula is C83H166O19. The lowest BCUT2D eigenvalue weighted by Crippen LogP contribution is -2.62. The number of benzene rings is 6. The molecular weight excluding hydrogens is 1300 g/mol. The summed E-state index contributed by atoms with van der Waals surface area (Å²) in [4.78, 5) is 51.6. The van der Waals surface area contributed by atoms with E-state index in [1.165, 1.54) is 43.3 Å². The van der Waals surface area contributed by atoms with Crippen LogP contribution in [0.2, 0.25) is 0 Å². The van der Waals surface area contributed by atoms with Crippen molar-refractivity contribution in [2.24, 2.45) is 5.92 Å². The van der Waals surface area contributed by atoms with Crippen LogP contribution in [-0.4, -0.2) is 91.1 Å². The summed E-state index contributed by atoms with van der Waals surface area (Å²) < 4.78 is 46.4. The van der Waals surface area contributed by atoms with Gasteiger partial charge < -0.3 is 72.4 Å². The second-order valence-electron chi connectivity index (χ2n) is 18.5. The van der Waals surface area contributed by atoms with Crippen LogP contribution in [0.1, 0.15) is 269 Å². The lowest BCUT2D eigenvalue weighted by atomic mass is 9.91. The summed E-state index contributed by atoms with van der Waals surface area (Å²) >= 11 is 0. The average molecular weight is 1470 g/mol. The monoisotopic (exact) mass is 1470 g/mol. The maximum absolute atomic E-state index is 13.4. The quantitative estimate of drug-likeness (QED) is 0.0462. The topological polar surface area (TPSA) is 299 Å². The Kier molecular flexibility index (Phi) is 80.6. The summed E-state index contributed by atoms with van der Waals surface area (Å²) in [7, 11) is 0. The van der Waals surface area contributed by atoms with Crippen molar-refractivity contribution in [3.8, 4) is 23.2 Å². The first-order valence-corrected chi connectivity index (χ1v) is 23.3. The van der Waals surface area contributed by atoms with Crippen molar-refractivity contribution in [2.75, 3.05) is 0 Å². The summed E-state index contributed by atoms with van der Waals surface area (Å²) in [5.41, 5.74) is -0.559. The number of aliphatic hydroxyl groups is 4. The Balaban J connectivity index is -0.0000000603. The smallest absolute Gasteiger partial charge is 0.348 e. The van der Waals surface area contributed by atoms with Crippen molar-refractivity contribution in [1.29, 1.82) is 0 Å². The summed E-state index contributed by atoms with van der Waals surface area (Å²) in [5, 5.41) is 77.5. The molecule has 2 fully saturated rings. The number of hydrogen-bond acceptors (Lipinski definition) is 19. The number of aryl methyl sites for hydroxylation is 2. The first-order chi connectivity index (χ1) is 34.4. The van der Waals surface area contributed by atoms with E-state index in [-0.39, 0.29) is 316 Å². The van der Waals surface area contributed by atoms with Crippen molar-refractivity contribution in [3.63, 3.8) is 0 Å². The number of phenolic OH excluding ortho intramolecular Hbond substituents is 2. The Morgan fingerprint density at radius 1 is 0.373 bits per heavy atom. The lowest BCUT2D eigenvalue weighted by Gasteiger charge is -2.45. The average Bonchev–Trinajstić information content (AvgIpc) is 0.714. The lowest BCUT2D eigenvalue weighted by molar-refractivity contribution is -0.346. The molecule has 0 aliphatic carbocycles. The molecule has 19 heteroatoms. The highest BCUT2D eigenvalue weighted by Crippen LogP contribution is 2.47. The molecule has 0 radical (unpaired) electrons. The number of rotatable bonds is 6. The van der Waals surface area contributed by atoms with Crippen LogP contribution in [-0.2, 0) is 27.1 Å². The molecule has 7 N–H and O–H groups in total. The third kappa shape index (κ3) is 22.8. The van der Waals surface area contributed by atoms with Gasteiger partial charge in [0.15, 0.2) is 29.0 Å². The fraction of sp³-hybridized carbons (Fsp3) is 0.566. The van der Waals surface area contributed by atoms with Gasteiger partial charge in [-0.05, 0) is 74.2 Å². The molecule has 0 saturated carbocycles. The van der Waals surface area contributed by atoms with E-state index in [0.29, 0.717) is 29.0 Å². The van der Waals surface area contributed by atoms with Gasteiger partial charge in [-0.25, -0.2) is 14.4 Å². The Bertz CT molecular complexity index is 4070. The number of aromatic hydroxyl groups is 3. The van der Waals surface area contributed by atoms with E-state index in [1.54, 1.807) is 38.1 Å². The van der Waals surface area contributed by atoms with Gasteiger partial charge in [0.25, 0.3) is 5.95 Å². The Morgan fingerprint density at radius 3 is 1.20 bits per heavy atom. The van der Waals surface area contributed by atoms with Crippen molar-refractivity contribution in [3.05, 3.63) is 113 Å². The first kappa shape index (κ1) is 149. The van der Waals surface area contributed by atoms with Gasteiger partial charge in [-0.2, -0.15) is 0 Å². The van der Waals surface area contributed by atoms with Crippen LogP contribution in [0.3, 0.4) is 0 Å². The normalized spacial score (nSPS) is 17.6. The fourth-order valence-electron chi connectivity index (χ4n) is 10.3. The number of ether oxygens (including phenoxy) is 4. The van der Waals surface area contributed by atoms with E-state index in [9.17, 15) is 54.9 Å². The van der Waals surface area contributed by atoms with E-state index in [4.69, 9.17) is 36.6 Å². The molecule has 0 spiro atoms. The largest absolute Gasteiger partial charge is 0.506 e. The third-order valence-corrected chi connectivity index (χ3v) is 14.2. The first-order valence-electron chi connectivity index (χ1n) is 23.3. The minimum atomic E-state index is -1.56. The molecule has 2 saturated heterocycles. The summed E-state index contributed by atoms with van der Waals surface area (Å²) in [6.45, 7) is 8.59. The van der Waals surface area contributed by atoms with Crippen LogP contribution < -0.4 is 27.0 Å². The second kappa shape index (κ2) is 55.2. The van der Waals surface area contributed by atoms with E-state index in [0.717, 1.165) is 11.1 Å². The summed E-state index contributed by atoms with van der Waals surface area (Å²) in [6.07, 6.45) is -9.78. The van der Waals surface area contributed by atoms with Gasteiger partial charge in [-0.1, -0.05) is 268 Å². The maximum atomic E-state index is 13.4. The van der Waals surface area contributed by atoms with Gasteiger partial charge in [-0.15, -0.1) is 0 Å². The van der Waals surface area contributed by atoms with Gasteiger partial charge in [0.1, 0.15) is 57.5 Å². The van der Waals surface area contributed by atoms with E-state index in [1.807, 2.05) is 13.8 Å². The molecule has 612 valence electrons. The molecule has 6 heterocycles. The predicted octanol–water partition coefficient (Wildman–Crippen LogP) is 24.9. The Morgan fingerprint density at radius 2 is 0.755 bits per heavy atom. The molecule has 10 atom stereocenters. The molecule has 12 rings (SSSR count). The zero-order valence-electron chi connectivity index (χ0n) is 39.0. The van der Waals surface area contributed by atoms with Crippen molar-refractivity contribution in [2.45, 2.75) is 326 Å². The molecule has 0 amide bonds. The van der Waals surface area contributed by atoms with Crippen LogP contribution in [0.15, 0.2) is 97.5 Å². The Labute approximate surface area is 624 Å². The zero-order chi connectivity index (χ0) is 50.9. The van der Waals surface area contributed by atoms with Crippen LogP contribution >= 0.6 is 0 Å². The molecule has 4 unspecified atom stereocenters. The number of phenols is 2. The van der Waals surface area contributed by atoms with E-state index >= 15 is 0 Å². The molecule has 10 aromatic rings. The summed E-state index contributed by atoms with van der Waals surface area (Å²) in [6, 6.07) is 15.7. The minimum Gasteiger partial charge on any atom is -0.506 e. The SMILES string of the molecule is C.C.C.C.C.C.C.C.C.C.C.C.C.C.C.C.C.C.C.C.C.C.C.C.C.C.C.C.C.C.CCc1cc2oc(=O)c3c(O)c4cccc(=O)c4c4oc(O)c(c1)c2c34.CCc1cc2oc(=O)c3c(O)c4cccc(O[C@@H]5OC(C)[C@H](O)[C@H](O)C5O[C@H]5OC(C)[C@H](O)C(C)[C@H]5O)c4c4oc(=O)c(c1)c2c34. The fourth-order valence-corrected chi connectivity index (χ4v) is 10.3. The van der Waals surface area contributed by atoms with Crippen LogP contribution in [0, 0.1) is 5.92 Å². The van der Waals surface area contributed by atoms with Crippen molar-refractivity contribution >= 4 is 87.0 Å². The van der Waals surface area contributed by atoms with Gasteiger partial charge in [0.2, 0.25) is 6.29 Å². The third-order valence-electron chi connectivity index (χ3n) is 14.2. The van der Waals surface area contributed by atoms with Crippen LogP contribution in [0.4, 0.5) is 0 Å². The molecule has 102 heavy (non-hydrogen) atoms. The second-order valence-corrected chi connectivity index (χ2v) is 18.5. The molecule has 0 bridgehead atoms. The molecule has 19 nitrogen and oxygen atoms in total. The van der Waals surface area contributed by atoms with Gasteiger partial charge in [0.05, 0.1) is 39.9 Å². The van der Waals surface area contributed by atoms with Gasteiger partial charge in [-0.3, -0.25) is 4.79 Å². The highest BCUT2D eigenvalue weighted by Gasteiger charge is 2.50. The molecule has 6 aromatic carbocycles. The van der Waals surface area contributed by atoms with Gasteiger partial charge in [0, 0.05) is 38.2 Å². The Hall–Kier alpha value is -7.36. The highest BCUT2D eigenvalue weighted by atomic mass is 16.8. The molecule has 2 aliphatic heterocycles. The molecule has 4 aromatic heterocycles. The van der Waals surface area contributed by atoms with Crippen molar-refractivity contribution < 1.29 is 72.4 Å². The van der Waals surface area contributed by atoms with Gasteiger partial charge >= 0.3 is 16.9 Å².